The Kier molecular flexibility index (Phi) is 4.96. The Labute approximate surface area is 103 Å². The van der Waals surface area contributed by atoms with E-state index in [0.717, 1.165) is 6.20 Å². The maximum absolute atomic E-state index is 12.7. The fourth-order valence-corrected chi connectivity index (χ4v) is 1.52. The second-order valence-electron chi connectivity index (χ2n) is 3.29. The van der Waals surface area contributed by atoms with E-state index in [1.54, 1.807) is 6.92 Å². The Morgan fingerprint density at radius 2 is 2.22 bits per heavy atom. The zero-order valence-corrected chi connectivity index (χ0v) is 10.1. The topological polar surface area (TPSA) is 74.4 Å². The van der Waals surface area contributed by atoms with Crippen LogP contribution >= 0.6 is 0 Å². The monoisotopic (exact) mass is 260 g/mol. The van der Waals surface area contributed by atoms with Crippen LogP contribution in [0.3, 0.4) is 0 Å². The summed E-state index contributed by atoms with van der Waals surface area (Å²) < 4.78 is 35.1. The van der Waals surface area contributed by atoms with Gasteiger partial charge in [-0.3, -0.25) is 4.98 Å². The summed E-state index contributed by atoms with van der Waals surface area (Å²) in [5.74, 6) is -0.831. The Bertz CT molecular complexity index is 439. The van der Waals surface area contributed by atoms with Crippen molar-refractivity contribution in [3.8, 4) is 5.75 Å². The lowest BCUT2D eigenvalue weighted by Crippen LogP contribution is -2.14. The van der Waals surface area contributed by atoms with Gasteiger partial charge in [0.05, 0.1) is 19.3 Å². The van der Waals surface area contributed by atoms with Crippen LogP contribution in [0, 0.1) is 0 Å². The van der Waals surface area contributed by atoms with Crippen LogP contribution < -0.4 is 10.5 Å². The minimum atomic E-state index is -2.80. The molecule has 0 unspecified atom stereocenters. The SMILES string of the molecule is CCOC(=O)c1cnc(C(F)F)c(OC)c1CN. The fraction of sp³-hybridized carbons (Fsp3) is 0.455. The van der Waals surface area contributed by atoms with Crippen LogP contribution in [0.1, 0.15) is 35.0 Å². The molecule has 0 aliphatic heterocycles. The third kappa shape index (κ3) is 2.73. The quantitative estimate of drug-likeness (QED) is 0.815. The molecule has 7 heteroatoms. The molecule has 18 heavy (non-hydrogen) atoms. The molecule has 0 saturated heterocycles. The highest BCUT2D eigenvalue weighted by Gasteiger charge is 2.24. The average molecular weight is 260 g/mol. The van der Waals surface area contributed by atoms with Crippen molar-refractivity contribution < 1.29 is 23.0 Å². The van der Waals surface area contributed by atoms with Crippen LogP contribution in [0.15, 0.2) is 6.20 Å². The van der Waals surface area contributed by atoms with Crippen LogP contribution in [-0.2, 0) is 11.3 Å². The second-order valence-corrected chi connectivity index (χ2v) is 3.29. The van der Waals surface area contributed by atoms with Gasteiger partial charge < -0.3 is 15.2 Å². The summed E-state index contributed by atoms with van der Waals surface area (Å²) in [6.45, 7) is 1.68. The number of aromatic nitrogens is 1. The number of alkyl halides is 2. The Balaban J connectivity index is 3.34. The molecule has 5 nitrogen and oxygen atoms in total. The van der Waals surface area contributed by atoms with Crippen molar-refractivity contribution in [2.24, 2.45) is 5.73 Å². The minimum Gasteiger partial charge on any atom is -0.494 e. The van der Waals surface area contributed by atoms with E-state index in [0.29, 0.717) is 0 Å². The summed E-state index contributed by atoms with van der Waals surface area (Å²) >= 11 is 0. The molecule has 0 spiro atoms. The molecule has 1 heterocycles. The predicted octanol–water partition coefficient (Wildman–Crippen LogP) is 1.66. The van der Waals surface area contributed by atoms with Gasteiger partial charge in [-0.2, -0.15) is 0 Å². The fourth-order valence-electron chi connectivity index (χ4n) is 1.52. The summed E-state index contributed by atoms with van der Waals surface area (Å²) in [7, 11) is 1.22. The summed E-state index contributed by atoms with van der Waals surface area (Å²) in [6, 6.07) is 0. The van der Waals surface area contributed by atoms with Gasteiger partial charge in [-0.1, -0.05) is 0 Å². The van der Waals surface area contributed by atoms with Crippen molar-refractivity contribution in [2.75, 3.05) is 13.7 Å². The van der Waals surface area contributed by atoms with Gasteiger partial charge in [0.2, 0.25) is 0 Å². The van der Waals surface area contributed by atoms with Gasteiger partial charge in [0.25, 0.3) is 6.43 Å². The highest BCUT2D eigenvalue weighted by Crippen LogP contribution is 2.32. The van der Waals surface area contributed by atoms with Gasteiger partial charge in [-0.25, -0.2) is 13.6 Å². The maximum atomic E-state index is 12.7. The molecule has 100 valence electrons. The largest absolute Gasteiger partial charge is 0.494 e. The highest BCUT2D eigenvalue weighted by molar-refractivity contribution is 5.91. The molecule has 0 atom stereocenters. The lowest BCUT2D eigenvalue weighted by molar-refractivity contribution is 0.0523. The van der Waals surface area contributed by atoms with Gasteiger partial charge in [-0.05, 0) is 6.92 Å². The van der Waals surface area contributed by atoms with Crippen LogP contribution in [0.2, 0.25) is 0 Å². The van der Waals surface area contributed by atoms with Gasteiger partial charge in [0.1, 0.15) is 5.69 Å². The molecule has 0 bridgehead atoms. The number of nitrogens with zero attached hydrogens (tertiary/aromatic N) is 1. The lowest BCUT2D eigenvalue weighted by Gasteiger charge is -2.14. The van der Waals surface area contributed by atoms with E-state index in [1.807, 2.05) is 0 Å². The molecule has 0 saturated carbocycles. The summed E-state index contributed by atoms with van der Waals surface area (Å²) in [6.07, 6.45) is -1.77. The Hall–Kier alpha value is -1.76. The molecule has 0 fully saturated rings. The van der Waals surface area contributed by atoms with E-state index in [9.17, 15) is 13.6 Å². The molecule has 2 N–H and O–H groups in total. The number of hydrogen-bond acceptors (Lipinski definition) is 5. The molecule has 1 aromatic heterocycles. The standard InChI is InChI=1S/C11H14F2N2O3/c1-3-18-11(16)7-5-15-8(10(12)13)9(17-2)6(7)4-14/h5,10H,3-4,14H2,1-2H3. The van der Waals surface area contributed by atoms with E-state index in [4.69, 9.17) is 15.2 Å². The number of ether oxygens (including phenoxy) is 2. The third-order valence-electron chi connectivity index (χ3n) is 2.27. The molecule has 0 amide bonds. The molecule has 0 aliphatic rings. The first-order valence-corrected chi connectivity index (χ1v) is 5.27. The number of carbonyl (C=O) groups is 1. The number of hydrogen-bond donors (Lipinski definition) is 1. The van der Waals surface area contributed by atoms with Crippen LogP contribution in [0.25, 0.3) is 0 Å². The zero-order chi connectivity index (χ0) is 13.7. The molecular formula is C11H14F2N2O3. The van der Waals surface area contributed by atoms with Crippen molar-refractivity contribution in [3.63, 3.8) is 0 Å². The number of methoxy groups -OCH3 is 1. The number of carbonyl (C=O) groups excluding carboxylic acids is 1. The normalized spacial score (nSPS) is 10.6. The van der Waals surface area contributed by atoms with Crippen molar-refractivity contribution in [1.82, 2.24) is 4.98 Å². The molecule has 0 radical (unpaired) electrons. The Morgan fingerprint density at radius 3 is 2.67 bits per heavy atom. The molecule has 1 rings (SSSR count). The summed E-state index contributed by atoms with van der Waals surface area (Å²) in [4.78, 5) is 15.1. The highest BCUT2D eigenvalue weighted by atomic mass is 19.3. The molecular weight excluding hydrogens is 246 g/mol. The van der Waals surface area contributed by atoms with Gasteiger partial charge in [0.15, 0.2) is 5.75 Å². The number of rotatable bonds is 5. The lowest BCUT2D eigenvalue weighted by atomic mass is 10.1. The van der Waals surface area contributed by atoms with Crippen molar-refractivity contribution in [3.05, 3.63) is 23.0 Å². The van der Waals surface area contributed by atoms with Crippen molar-refractivity contribution >= 4 is 5.97 Å². The molecule has 1 aromatic rings. The van der Waals surface area contributed by atoms with Gasteiger partial charge in [0, 0.05) is 18.3 Å². The minimum absolute atomic E-state index is 0.0422. The zero-order valence-electron chi connectivity index (χ0n) is 10.1. The van der Waals surface area contributed by atoms with E-state index in [-0.39, 0.29) is 30.0 Å². The van der Waals surface area contributed by atoms with Gasteiger partial charge >= 0.3 is 5.97 Å². The van der Waals surface area contributed by atoms with Gasteiger partial charge in [-0.15, -0.1) is 0 Å². The summed E-state index contributed by atoms with van der Waals surface area (Å²) in [5, 5.41) is 0. The predicted molar refractivity (Wildman–Crippen MR) is 59.6 cm³/mol. The van der Waals surface area contributed by atoms with E-state index >= 15 is 0 Å². The molecule has 0 aromatic carbocycles. The number of pyridine rings is 1. The molecule has 0 aliphatic carbocycles. The Morgan fingerprint density at radius 1 is 1.56 bits per heavy atom. The first kappa shape index (κ1) is 14.3. The van der Waals surface area contributed by atoms with Crippen molar-refractivity contribution in [2.45, 2.75) is 19.9 Å². The van der Waals surface area contributed by atoms with Crippen LogP contribution in [0.5, 0.6) is 5.75 Å². The average Bonchev–Trinajstić information content (AvgIpc) is 2.36. The van der Waals surface area contributed by atoms with Crippen LogP contribution in [-0.4, -0.2) is 24.7 Å². The third-order valence-corrected chi connectivity index (χ3v) is 2.27. The van der Waals surface area contributed by atoms with E-state index < -0.39 is 18.1 Å². The maximum Gasteiger partial charge on any atom is 0.340 e. The number of halogens is 2. The van der Waals surface area contributed by atoms with Crippen LogP contribution in [0.4, 0.5) is 8.78 Å². The first-order valence-electron chi connectivity index (χ1n) is 5.27. The smallest absolute Gasteiger partial charge is 0.340 e. The van der Waals surface area contributed by atoms with E-state index in [2.05, 4.69) is 4.98 Å². The second kappa shape index (κ2) is 6.25. The number of nitrogens with two attached hydrogens (primary N) is 1. The first-order chi connectivity index (χ1) is 8.56. The number of esters is 1. The van der Waals surface area contributed by atoms with E-state index in [1.165, 1.54) is 7.11 Å². The summed E-state index contributed by atoms with van der Waals surface area (Å²) in [5.41, 5.74) is 5.14. The van der Waals surface area contributed by atoms with Crippen molar-refractivity contribution in [1.29, 1.82) is 0 Å².